The van der Waals surface area contributed by atoms with Crippen molar-refractivity contribution in [1.82, 2.24) is 10.6 Å². The number of nitrogens with one attached hydrogen (secondary N) is 2. The van der Waals surface area contributed by atoms with E-state index in [0.717, 1.165) is 18.4 Å². The van der Waals surface area contributed by atoms with Crippen LogP contribution in [0.2, 0.25) is 0 Å². The fourth-order valence-electron chi connectivity index (χ4n) is 2.34. The quantitative estimate of drug-likeness (QED) is 0.662. The second-order valence-corrected chi connectivity index (χ2v) is 7.20. The Morgan fingerprint density at radius 3 is 2.35 bits per heavy atom. The molecule has 6 nitrogen and oxygen atoms in total. The Morgan fingerprint density at radius 1 is 1.12 bits per heavy atom. The lowest BCUT2D eigenvalue weighted by molar-refractivity contribution is -0.139. The van der Waals surface area contributed by atoms with Gasteiger partial charge in [-0.2, -0.15) is 0 Å². The van der Waals surface area contributed by atoms with Gasteiger partial charge in [-0.15, -0.1) is 0 Å². The van der Waals surface area contributed by atoms with Crippen LogP contribution in [0.3, 0.4) is 0 Å². The molecule has 1 rings (SSSR count). The number of unbranched alkanes of at least 4 members (excludes halogenated alkanes) is 1. The molecule has 0 radical (unpaired) electrons. The molecule has 0 aliphatic heterocycles. The van der Waals surface area contributed by atoms with Crippen LogP contribution in [0.4, 0.5) is 4.79 Å². The Kier molecular flexibility index (Phi) is 8.82. The van der Waals surface area contributed by atoms with Gasteiger partial charge in [-0.25, -0.2) is 4.79 Å². The topological polar surface area (TPSA) is 84.5 Å². The number of hydrogen-bond donors (Lipinski definition) is 2. The molecule has 0 saturated carbocycles. The molecule has 2 amide bonds. The second-order valence-electron chi connectivity index (χ2n) is 7.20. The van der Waals surface area contributed by atoms with Crippen molar-refractivity contribution in [2.24, 2.45) is 0 Å². The summed E-state index contributed by atoms with van der Waals surface area (Å²) >= 11 is 0. The van der Waals surface area contributed by atoms with E-state index in [9.17, 15) is 14.4 Å². The summed E-state index contributed by atoms with van der Waals surface area (Å²) in [5, 5.41) is 5.15. The van der Waals surface area contributed by atoms with E-state index in [0.29, 0.717) is 19.4 Å². The first-order valence-corrected chi connectivity index (χ1v) is 9.08. The minimum absolute atomic E-state index is 0.363. The lowest BCUT2D eigenvalue weighted by atomic mass is 10.0. The number of carbonyl (C=O) groups excluding carboxylic acids is 3. The molecule has 0 aliphatic rings. The highest BCUT2D eigenvalue weighted by molar-refractivity contribution is 6.38. The maximum atomic E-state index is 12.4. The first-order chi connectivity index (χ1) is 12.2. The van der Waals surface area contributed by atoms with E-state index in [2.05, 4.69) is 10.6 Å². The molecule has 0 saturated heterocycles. The highest BCUT2D eigenvalue weighted by Gasteiger charge is 2.28. The van der Waals surface area contributed by atoms with Gasteiger partial charge in [-0.3, -0.25) is 9.59 Å². The zero-order valence-electron chi connectivity index (χ0n) is 16.1. The Hall–Kier alpha value is -2.37. The van der Waals surface area contributed by atoms with Gasteiger partial charge in [-0.05, 0) is 39.2 Å². The number of benzene rings is 1. The fourth-order valence-corrected chi connectivity index (χ4v) is 2.34. The summed E-state index contributed by atoms with van der Waals surface area (Å²) in [6, 6.07) is 8.82. The molecule has 0 aromatic heterocycles. The van der Waals surface area contributed by atoms with Crippen molar-refractivity contribution in [2.45, 2.75) is 65.0 Å². The van der Waals surface area contributed by atoms with Crippen LogP contribution >= 0.6 is 0 Å². The minimum atomic E-state index is -0.874. The first kappa shape index (κ1) is 21.7. The molecular formula is C20H30N2O4. The Labute approximate surface area is 155 Å². The van der Waals surface area contributed by atoms with Crippen molar-refractivity contribution in [2.75, 3.05) is 6.54 Å². The Balaban J connectivity index is 2.57. The molecular weight excluding hydrogens is 332 g/mol. The maximum absolute atomic E-state index is 12.4. The van der Waals surface area contributed by atoms with E-state index in [4.69, 9.17) is 4.74 Å². The number of ether oxygens (including phenoxy) is 1. The summed E-state index contributed by atoms with van der Waals surface area (Å²) in [5.41, 5.74) is 0.412. The number of ketones is 1. The summed E-state index contributed by atoms with van der Waals surface area (Å²) < 4.78 is 5.18. The Bertz CT molecular complexity index is 594. The fraction of sp³-hybridized carbons (Fsp3) is 0.550. The van der Waals surface area contributed by atoms with Crippen LogP contribution in [0.1, 0.15) is 52.5 Å². The van der Waals surface area contributed by atoms with Gasteiger partial charge >= 0.3 is 6.09 Å². The highest BCUT2D eigenvalue weighted by Crippen LogP contribution is 2.09. The summed E-state index contributed by atoms with van der Waals surface area (Å²) in [6.45, 7) is 7.57. The third-order valence-corrected chi connectivity index (χ3v) is 3.62. The molecule has 144 valence electrons. The summed E-state index contributed by atoms with van der Waals surface area (Å²) in [7, 11) is 0. The number of alkyl carbamates (subject to hydrolysis) is 1. The number of carbonyl (C=O) groups is 3. The molecule has 0 fully saturated rings. The third-order valence-electron chi connectivity index (χ3n) is 3.62. The maximum Gasteiger partial charge on any atom is 0.408 e. The number of amides is 2. The van der Waals surface area contributed by atoms with E-state index in [1.165, 1.54) is 0 Å². The van der Waals surface area contributed by atoms with E-state index in [-0.39, 0.29) is 0 Å². The molecule has 1 aromatic carbocycles. The molecule has 1 atom stereocenters. The van der Waals surface area contributed by atoms with E-state index in [1.54, 1.807) is 20.8 Å². The lowest BCUT2D eigenvalue weighted by Gasteiger charge is -2.22. The average molecular weight is 362 g/mol. The molecule has 0 unspecified atom stereocenters. The van der Waals surface area contributed by atoms with Crippen molar-refractivity contribution in [3.63, 3.8) is 0 Å². The zero-order chi connectivity index (χ0) is 19.6. The highest BCUT2D eigenvalue weighted by atomic mass is 16.6. The molecule has 6 heteroatoms. The van der Waals surface area contributed by atoms with Gasteiger partial charge < -0.3 is 15.4 Å². The van der Waals surface area contributed by atoms with Crippen molar-refractivity contribution in [1.29, 1.82) is 0 Å². The Morgan fingerprint density at radius 2 is 1.77 bits per heavy atom. The van der Waals surface area contributed by atoms with Gasteiger partial charge in [0.1, 0.15) is 11.6 Å². The van der Waals surface area contributed by atoms with E-state index < -0.39 is 29.4 Å². The molecule has 0 bridgehead atoms. The second kappa shape index (κ2) is 10.6. The smallest absolute Gasteiger partial charge is 0.408 e. The van der Waals surface area contributed by atoms with Crippen LogP contribution in [0.25, 0.3) is 0 Å². The third kappa shape index (κ3) is 8.65. The van der Waals surface area contributed by atoms with Crippen molar-refractivity contribution in [3.8, 4) is 0 Å². The number of rotatable bonds is 9. The molecule has 1 aromatic rings. The van der Waals surface area contributed by atoms with Crippen LogP contribution in [0.15, 0.2) is 30.3 Å². The zero-order valence-corrected chi connectivity index (χ0v) is 16.1. The summed E-state index contributed by atoms with van der Waals surface area (Å²) in [5.74, 6) is -1.32. The lowest BCUT2D eigenvalue weighted by Crippen LogP contribution is -2.49. The first-order valence-electron chi connectivity index (χ1n) is 9.08. The SMILES string of the molecule is CCCC[C@H](NC(=O)OC(C)(C)C)C(=O)C(=O)NCCc1ccccc1. The van der Waals surface area contributed by atoms with E-state index in [1.807, 2.05) is 37.3 Å². The summed E-state index contributed by atoms with van der Waals surface area (Å²) in [6.07, 6.45) is 1.93. The minimum Gasteiger partial charge on any atom is -0.444 e. The molecule has 0 aliphatic carbocycles. The predicted octanol–water partition coefficient (Wildman–Crippen LogP) is 3.00. The van der Waals surface area contributed by atoms with Crippen LogP contribution in [-0.2, 0) is 20.7 Å². The largest absolute Gasteiger partial charge is 0.444 e. The normalized spacial score (nSPS) is 12.2. The standard InChI is InChI=1S/C20H30N2O4/c1-5-6-12-16(22-19(25)26-20(2,3)4)17(23)18(24)21-14-13-15-10-8-7-9-11-15/h7-11,16H,5-6,12-14H2,1-4H3,(H,21,24)(H,22,25)/t16-/m0/s1. The van der Waals surface area contributed by atoms with Crippen molar-refractivity contribution >= 4 is 17.8 Å². The van der Waals surface area contributed by atoms with Gasteiger partial charge in [0.15, 0.2) is 0 Å². The van der Waals surface area contributed by atoms with Gasteiger partial charge in [0, 0.05) is 6.54 Å². The molecule has 26 heavy (non-hydrogen) atoms. The van der Waals surface area contributed by atoms with Crippen LogP contribution in [0, 0.1) is 0 Å². The van der Waals surface area contributed by atoms with Crippen LogP contribution in [0.5, 0.6) is 0 Å². The molecule has 0 spiro atoms. The van der Waals surface area contributed by atoms with Crippen LogP contribution < -0.4 is 10.6 Å². The van der Waals surface area contributed by atoms with Gasteiger partial charge in [0.25, 0.3) is 5.91 Å². The van der Waals surface area contributed by atoms with E-state index >= 15 is 0 Å². The molecule has 2 N–H and O–H groups in total. The van der Waals surface area contributed by atoms with Gasteiger partial charge in [-0.1, -0.05) is 50.1 Å². The monoisotopic (exact) mass is 362 g/mol. The van der Waals surface area contributed by atoms with Crippen molar-refractivity contribution in [3.05, 3.63) is 35.9 Å². The van der Waals surface area contributed by atoms with Crippen LogP contribution in [-0.4, -0.2) is 36.0 Å². The predicted molar refractivity (Wildman–Crippen MR) is 101 cm³/mol. The molecule has 0 heterocycles. The van der Waals surface area contributed by atoms with Gasteiger partial charge in [0.05, 0.1) is 0 Å². The average Bonchev–Trinajstić information content (AvgIpc) is 2.57. The van der Waals surface area contributed by atoms with Gasteiger partial charge in [0.2, 0.25) is 5.78 Å². The number of Topliss-reactive ketones (excluding diaryl/α,β-unsaturated/α-hetero) is 1. The summed E-state index contributed by atoms with van der Waals surface area (Å²) in [4.78, 5) is 36.5. The number of hydrogen-bond acceptors (Lipinski definition) is 4. The van der Waals surface area contributed by atoms with Crippen molar-refractivity contribution < 1.29 is 19.1 Å².